The molecule has 6 rings (SSSR count). The Morgan fingerprint density at radius 3 is 1.79 bits per heavy atom. The van der Waals surface area contributed by atoms with Crippen LogP contribution in [0.25, 0.3) is 0 Å². The highest BCUT2D eigenvalue weighted by Gasteiger charge is 2.51. The Morgan fingerprint density at radius 2 is 1.19 bits per heavy atom. The molecule has 4 N–H and O–H groups in total. The van der Waals surface area contributed by atoms with Crippen LogP contribution in [0.5, 0.6) is 0 Å². The molecule has 6 fully saturated rings. The van der Waals surface area contributed by atoms with Crippen LogP contribution >= 0.6 is 11.6 Å². The third-order valence-electron chi connectivity index (χ3n) is 23.4. The Morgan fingerprint density at radius 1 is 0.596 bits per heavy atom. The van der Waals surface area contributed by atoms with Crippen LogP contribution in [0.4, 0.5) is 13.2 Å². The summed E-state index contributed by atoms with van der Waals surface area (Å²) in [6.45, 7) is 5.55. The number of carbonyl (C=O) groups excluding carboxylic acids is 12. The van der Waals surface area contributed by atoms with Crippen molar-refractivity contribution in [3.8, 4) is 0 Å². The lowest BCUT2D eigenvalue weighted by atomic mass is 9.78. The first-order chi connectivity index (χ1) is 49.1. The Hall–Kier alpha value is -6.32. The number of hydrogen-bond donors (Lipinski definition) is 4. The van der Waals surface area contributed by atoms with Gasteiger partial charge in [0.1, 0.15) is 41.8 Å². The van der Waals surface area contributed by atoms with Gasteiger partial charge in [0, 0.05) is 81.0 Å². The van der Waals surface area contributed by atoms with Gasteiger partial charge >= 0.3 is 6.18 Å². The number of nitrogens with zero attached hydrogens (tertiary/aromatic N) is 9. The van der Waals surface area contributed by atoms with Crippen LogP contribution in [0, 0.1) is 35.5 Å². The van der Waals surface area contributed by atoms with Gasteiger partial charge in [0.2, 0.25) is 70.9 Å². The summed E-state index contributed by atoms with van der Waals surface area (Å²) in [6.07, 6.45) is 7.91. The van der Waals surface area contributed by atoms with Gasteiger partial charge in [-0.2, -0.15) is 13.2 Å². The van der Waals surface area contributed by atoms with E-state index in [9.17, 15) is 47.0 Å². The zero-order valence-electron chi connectivity index (χ0n) is 64.1. The van der Waals surface area contributed by atoms with Crippen molar-refractivity contribution >= 4 is 82.5 Å². The second-order valence-corrected chi connectivity index (χ2v) is 32.2. The quantitative estimate of drug-likeness (QED) is 0.0951. The molecule has 0 aromatic rings. The smallest absolute Gasteiger partial charge is 0.393 e. The van der Waals surface area contributed by atoms with Gasteiger partial charge < -0.3 is 65.2 Å². The minimum absolute atomic E-state index is 0.0153. The predicted molar refractivity (Wildman–Crippen MR) is 387 cm³/mol. The molecule has 29 heteroatoms. The fourth-order valence-electron chi connectivity index (χ4n) is 16.6. The predicted octanol–water partition coefficient (Wildman–Crippen LogP) is 6.48. The van der Waals surface area contributed by atoms with Gasteiger partial charge in [-0.3, -0.25) is 57.5 Å². The third-order valence-corrected chi connectivity index (χ3v) is 23.8. The van der Waals surface area contributed by atoms with Gasteiger partial charge in [0.25, 0.3) is 0 Å². The number of unbranched alkanes of at least 4 members (excludes halogenated alkanes) is 2. The maximum Gasteiger partial charge on any atom is 0.393 e. The molecule has 0 aromatic heterocycles. The molecular weight excluding hydrogens is 1370 g/mol. The molecule has 2 aliphatic heterocycles. The molecule has 590 valence electrons. The van der Waals surface area contributed by atoms with E-state index in [1.807, 2.05) is 20.8 Å². The van der Waals surface area contributed by atoms with Crippen molar-refractivity contribution in [3.63, 3.8) is 0 Å². The van der Waals surface area contributed by atoms with Crippen molar-refractivity contribution in [2.75, 3.05) is 102 Å². The molecule has 104 heavy (non-hydrogen) atoms. The fraction of sp³-hybridized carbons (Fsp3) is 0.840. The number of nitrogens with one attached hydrogen (secondary N) is 3. The molecule has 4 aliphatic carbocycles. The standard InChI is InChI=1S/C75H124ClF3N12O13/c1-12-50(4)65-71(102)85(7)47-63(96)83(5)48-64(97)87(9)58(43-51-27-17-13-18-28-51)69(100)84(6)45-60(93)80-56(34-32-52-31-33-54(55(76)42-52)75(77,78)79)68(99)91(39-25-16-26-40-92)46-61(94)82-74(35-21-22-36-74)73(104)89(11)66(53-29-19-14-20-30-53)72(103)88(10)59(70(101)90-37-23-15-24-38-90)44-62(95)86(8)57(41-49(2)3)67(98)81-65/h49-59,65-66,92H,12-48H2,1-11H3,(H,80,93)(H,81,98)(H,82,94)/t50-,52?,54?,55?,56-,57-,58-,59-,65-,66-/m0/s1. The largest absolute Gasteiger partial charge is 0.396 e. The van der Waals surface area contributed by atoms with Gasteiger partial charge in [-0.25, -0.2) is 0 Å². The second kappa shape index (κ2) is 40.6. The van der Waals surface area contributed by atoms with Crippen molar-refractivity contribution in [1.82, 2.24) is 60.0 Å². The third kappa shape index (κ3) is 23.8. The Kier molecular flexibility index (Phi) is 33.8. The number of aliphatic hydroxyl groups is 1. The van der Waals surface area contributed by atoms with Gasteiger partial charge in [-0.15, -0.1) is 11.6 Å². The van der Waals surface area contributed by atoms with Crippen molar-refractivity contribution in [3.05, 3.63) is 0 Å². The van der Waals surface area contributed by atoms with Crippen LogP contribution in [0.1, 0.15) is 214 Å². The Labute approximate surface area is 620 Å². The van der Waals surface area contributed by atoms with E-state index < -0.39 is 181 Å². The summed E-state index contributed by atoms with van der Waals surface area (Å²) in [5, 5.41) is 17.3. The average molecular weight is 1490 g/mol. The van der Waals surface area contributed by atoms with E-state index in [1.54, 1.807) is 11.8 Å². The molecular formula is C75H124ClF3N12O13. The van der Waals surface area contributed by atoms with Gasteiger partial charge in [0.05, 0.1) is 38.5 Å². The first kappa shape index (κ1) is 86.6. The summed E-state index contributed by atoms with van der Waals surface area (Å²) in [4.78, 5) is 192. The number of aliphatic hydroxyl groups excluding tert-OH is 1. The van der Waals surface area contributed by atoms with Crippen molar-refractivity contribution in [1.29, 1.82) is 0 Å². The van der Waals surface area contributed by atoms with Gasteiger partial charge in [-0.1, -0.05) is 98.3 Å². The summed E-state index contributed by atoms with van der Waals surface area (Å²) < 4.78 is 42.2. The first-order valence-corrected chi connectivity index (χ1v) is 39.2. The van der Waals surface area contributed by atoms with E-state index in [1.165, 1.54) is 73.8 Å². The van der Waals surface area contributed by atoms with E-state index >= 15 is 28.8 Å². The zero-order valence-corrected chi connectivity index (χ0v) is 64.8. The van der Waals surface area contributed by atoms with Crippen LogP contribution in [0.3, 0.4) is 0 Å². The molecule has 0 bridgehead atoms. The molecule has 6 aliphatic rings. The fourth-order valence-corrected chi connectivity index (χ4v) is 17.1. The minimum atomic E-state index is -4.53. The van der Waals surface area contributed by atoms with Gasteiger partial charge in [0.15, 0.2) is 0 Å². The molecule has 2 saturated heterocycles. The van der Waals surface area contributed by atoms with E-state index in [2.05, 4.69) is 16.0 Å². The highest BCUT2D eigenvalue weighted by atomic mass is 35.5. The van der Waals surface area contributed by atoms with E-state index in [0.717, 1.165) is 72.5 Å². The summed E-state index contributed by atoms with van der Waals surface area (Å²) in [5.74, 6) is -11.0. The molecule has 25 nitrogen and oxygen atoms in total. The molecule has 3 unspecified atom stereocenters. The Balaban J connectivity index is 1.45. The lowest BCUT2D eigenvalue weighted by Crippen LogP contribution is -2.64. The highest BCUT2D eigenvalue weighted by Crippen LogP contribution is 2.44. The molecule has 0 radical (unpaired) electrons. The van der Waals surface area contributed by atoms with Crippen LogP contribution in [0.2, 0.25) is 0 Å². The average Bonchev–Trinajstić information content (AvgIpc) is 1.44. The van der Waals surface area contributed by atoms with Crippen LogP contribution < -0.4 is 16.0 Å². The lowest BCUT2D eigenvalue weighted by molar-refractivity contribution is -0.182. The molecule has 12 amide bonds. The summed E-state index contributed by atoms with van der Waals surface area (Å²) >= 11 is 6.43. The monoisotopic (exact) mass is 1490 g/mol. The number of halogens is 4. The topological polar surface area (TPSA) is 290 Å². The van der Waals surface area contributed by atoms with Crippen LogP contribution in [0.15, 0.2) is 0 Å². The number of rotatable bonds is 16. The summed E-state index contributed by atoms with van der Waals surface area (Å²) in [6, 6.07) is -7.53. The maximum atomic E-state index is 15.9. The molecule has 0 aromatic carbocycles. The maximum absolute atomic E-state index is 15.9. The highest BCUT2D eigenvalue weighted by molar-refractivity contribution is 6.21. The second-order valence-electron chi connectivity index (χ2n) is 31.7. The molecule has 10 atom stereocenters. The number of piperidine rings is 1. The van der Waals surface area contributed by atoms with Crippen molar-refractivity contribution < 1.29 is 75.8 Å². The molecule has 1 spiro atoms. The lowest BCUT2D eigenvalue weighted by Gasteiger charge is -2.43. The number of likely N-dealkylation sites (N-methyl/N-ethyl adjacent to an activating group) is 7. The number of likely N-dealkylation sites (tertiary alicyclic amines) is 1. The van der Waals surface area contributed by atoms with Crippen molar-refractivity contribution in [2.45, 2.75) is 267 Å². The van der Waals surface area contributed by atoms with E-state index in [4.69, 9.17) is 11.6 Å². The normalized spacial score (nSPS) is 28.2. The molecule has 2 heterocycles. The van der Waals surface area contributed by atoms with E-state index in [0.29, 0.717) is 70.9 Å². The van der Waals surface area contributed by atoms with Crippen LogP contribution in [-0.4, -0.2) is 275 Å². The number of amides is 12. The number of hydrogen-bond acceptors (Lipinski definition) is 13. The van der Waals surface area contributed by atoms with Crippen molar-refractivity contribution in [2.24, 2.45) is 35.5 Å². The summed E-state index contributed by atoms with van der Waals surface area (Å²) in [5.41, 5.74) is -1.60. The Bertz CT molecular complexity index is 2920. The van der Waals surface area contributed by atoms with E-state index in [-0.39, 0.29) is 89.2 Å². The summed E-state index contributed by atoms with van der Waals surface area (Å²) in [7, 11) is 10.0. The SMILES string of the molecule is CC[C@H](C)[C@@H]1NC(=O)[C@H](CC(C)C)N(C)C(=O)C[C@@H](C(=O)N2CCCCC2)N(C)C(=O)[C@H](C2CCCCC2)N(C)C(=O)C2(CCCC2)NC(=O)CN(CCCCCO)C(=O)[C@H](CCC2CCC(C(F)(F)F)C(Cl)C2)NC(=O)CN(C)C(=O)[C@H](CC2CCCCC2)N(C)C(=O)CN(C)C(=O)CN(C)C1=O. The molecule has 4 saturated carbocycles. The zero-order chi connectivity index (χ0) is 76.9. The first-order valence-electron chi connectivity index (χ1n) is 38.7. The number of carbonyl (C=O) groups is 12. The van der Waals surface area contributed by atoms with Gasteiger partial charge in [-0.05, 0) is 139 Å². The van der Waals surface area contributed by atoms with Crippen LogP contribution in [-0.2, 0) is 57.5 Å². The minimum Gasteiger partial charge on any atom is -0.396 e. The number of alkyl halides is 4.